The predicted molar refractivity (Wildman–Crippen MR) is 101 cm³/mol. The molecular weight excluding hydrogens is 360 g/mol. The number of likely N-dealkylation sites (tertiary alicyclic amines) is 1. The van der Waals surface area contributed by atoms with E-state index in [1.54, 1.807) is 0 Å². The van der Waals surface area contributed by atoms with Gasteiger partial charge in [0.05, 0.1) is 11.8 Å². The first kappa shape index (κ1) is 20.0. The largest absolute Gasteiger partial charge is 0.454 e. The molecule has 3 atom stereocenters. The number of nitrogens with zero attached hydrogens (tertiary/aromatic N) is 1. The Hall–Kier alpha value is -2.70. The van der Waals surface area contributed by atoms with Crippen molar-refractivity contribution in [1.82, 2.24) is 10.2 Å². The highest BCUT2D eigenvalue weighted by atomic mass is 16.5. The number of hydrogen-bond donors (Lipinski definition) is 1. The van der Waals surface area contributed by atoms with Crippen molar-refractivity contribution in [2.45, 2.75) is 52.1 Å². The fraction of sp³-hybridized carbons (Fsp3) is 0.524. The Morgan fingerprint density at radius 1 is 1.14 bits per heavy atom. The predicted octanol–water partition coefficient (Wildman–Crippen LogP) is 1.72. The summed E-state index contributed by atoms with van der Waals surface area (Å²) in [7, 11) is 0. The summed E-state index contributed by atoms with van der Waals surface area (Å²) in [4.78, 5) is 50.4. The highest BCUT2D eigenvalue weighted by Gasteiger charge is 2.51. The molecule has 1 heterocycles. The van der Waals surface area contributed by atoms with Gasteiger partial charge >= 0.3 is 5.97 Å². The molecule has 1 aromatic rings. The second-order valence-corrected chi connectivity index (χ2v) is 7.53. The zero-order valence-electron chi connectivity index (χ0n) is 16.3. The second kappa shape index (κ2) is 8.54. The van der Waals surface area contributed by atoms with Crippen LogP contribution in [0.15, 0.2) is 24.3 Å². The minimum absolute atomic E-state index is 0.289. The van der Waals surface area contributed by atoms with E-state index in [9.17, 15) is 19.2 Å². The Kier molecular flexibility index (Phi) is 6.11. The normalized spacial score (nSPS) is 22.6. The van der Waals surface area contributed by atoms with Crippen LogP contribution in [0.5, 0.6) is 0 Å². The van der Waals surface area contributed by atoms with Crippen molar-refractivity contribution in [1.29, 1.82) is 0 Å². The molecule has 0 unspecified atom stereocenters. The molecule has 3 amide bonds. The number of carbonyl (C=O) groups excluding carboxylic acids is 4. The Bertz CT molecular complexity index is 767. The molecule has 7 nitrogen and oxygen atoms in total. The highest BCUT2D eigenvalue weighted by molar-refractivity contribution is 6.07. The van der Waals surface area contributed by atoms with E-state index in [4.69, 9.17) is 4.74 Å². The third kappa shape index (κ3) is 4.08. The lowest BCUT2D eigenvalue weighted by Gasteiger charge is -2.21. The molecule has 1 saturated carbocycles. The average molecular weight is 386 g/mol. The molecule has 150 valence electrons. The number of carbonyl (C=O) groups is 4. The van der Waals surface area contributed by atoms with Crippen molar-refractivity contribution in [2.24, 2.45) is 11.8 Å². The summed E-state index contributed by atoms with van der Waals surface area (Å²) in [5.41, 5.74) is 2.03. The van der Waals surface area contributed by atoms with Gasteiger partial charge in [0.2, 0.25) is 11.8 Å². The van der Waals surface area contributed by atoms with Crippen molar-refractivity contribution in [2.75, 3.05) is 6.61 Å². The molecular formula is C21H26N2O5. The number of aryl methyl sites for hydroxylation is 1. The number of benzene rings is 1. The first-order valence-corrected chi connectivity index (χ1v) is 9.75. The molecule has 0 spiro atoms. The monoisotopic (exact) mass is 386 g/mol. The minimum atomic E-state index is -1.02. The van der Waals surface area contributed by atoms with Crippen LogP contribution < -0.4 is 5.32 Å². The maximum Gasteiger partial charge on any atom is 0.329 e. The zero-order chi connectivity index (χ0) is 20.3. The van der Waals surface area contributed by atoms with Gasteiger partial charge in [-0.1, -0.05) is 37.1 Å². The molecule has 7 heteroatoms. The van der Waals surface area contributed by atoms with Gasteiger partial charge in [0.15, 0.2) is 6.61 Å². The highest BCUT2D eigenvalue weighted by Crippen LogP contribution is 2.38. The number of amides is 3. The molecule has 0 aromatic heterocycles. The van der Waals surface area contributed by atoms with E-state index in [1.807, 2.05) is 31.2 Å². The van der Waals surface area contributed by atoms with Crippen LogP contribution in [0.2, 0.25) is 0 Å². The van der Waals surface area contributed by atoms with E-state index in [0.29, 0.717) is 19.4 Å². The van der Waals surface area contributed by atoms with Crippen molar-refractivity contribution in [3.63, 3.8) is 0 Å². The molecule has 28 heavy (non-hydrogen) atoms. The SMILES string of the molecule is Cc1ccccc1CNC(=O)COC(=O)[C@H](C)N1C(=O)[C@H]2CCCC[C@H]2C1=O. The van der Waals surface area contributed by atoms with Crippen molar-refractivity contribution in [3.8, 4) is 0 Å². The molecule has 1 N–H and O–H groups in total. The summed E-state index contributed by atoms with van der Waals surface area (Å²) < 4.78 is 5.05. The minimum Gasteiger partial charge on any atom is -0.454 e. The van der Waals surface area contributed by atoms with Crippen LogP contribution in [0.1, 0.15) is 43.7 Å². The smallest absolute Gasteiger partial charge is 0.329 e. The van der Waals surface area contributed by atoms with Gasteiger partial charge in [-0.2, -0.15) is 0 Å². The number of esters is 1. The van der Waals surface area contributed by atoms with Gasteiger partial charge in [0.1, 0.15) is 6.04 Å². The van der Waals surface area contributed by atoms with Gasteiger partial charge in [-0.25, -0.2) is 4.79 Å². The first-order valence-electron chi connectivity index (χ1n) is 9.75. The number of fused-ring (bicyclic) bond motifs is 1. The molecule has 2 aliphatic rings. The lowest BCUT2D eigenvalue weighted by atomic mass is 9.81. The fourth-order valence-electron chi connectivity index (χ4n) is 3.99. The summed E-state index contributed by atoms with van der Waals surface area (Å²) in [6.07, 6.45) is 3.23. The molecule has 1 aliphatic heterocycles. The lowest BCUT2D eigenvalue weighted by Crippen LogP contribution is -2.45. The Morgan fingerprint density at radius 3 is 2.36 bits per heavy atom. The maximum absolute atomic E-state index is 12.5. The zero-order valence-corrected chi connectivity index (χ0v) is 16.3. The molecule has 0 radical (unpaired) electrons. The molecule has 2 fully saturated rings. The molecule has 3 rings (SSSR count). The standard InChI is InChI=1S/C21H26N2O5/c1-13-7-3-4-8-15(13)11-22-18(24)12-28-21(27)14(2)23-19(25)16-9-5-6-10-17(16)20(23)26/h3-4,7-8,14,16-17H,5-6,9-12H2,1-2H3,(H,22,24)/t14-,16-,17+/m0/s1. The summed E-state index contributed by atoms with van der Waals surface area (Å²) in [6, 6.07) is 6.65. The average Bonchev–Trinajstić information content (AvgIpc) is 2.95. The topological polar surface area (TPSA) is 92.8 Å². The van der Waals surface area contributed by atoms with Crippen LogP contribution in [-0.2, 0) is 30.5 Å². The van der Waals surface area contributed by atoms with E-state index in [0.717, 1.165) is 28.9 Å². The summed E-state index contributed by atoms with van der Waals surface area (Å²) >= 11 is 0. The van der Waals surface area contributed by atoms with E-state index in [1.165, 1.54) is 6.92 Å². The van der Waals surface area contributed by atoms with Gasteiger partial charge in [-0.3, -0.25) is 19.3 Å². The number of nitrogens with one attached hydrogen (secondary N) is 1. The van der Waals surface area contributed by atoms with Gasteiger partial charge in [-0.05, 0) is 37.8 Å². The summed E-state index contributed by atoms with van der Waals surface area (Å²) in [5, 5.41) is 2.70. The summed E-state index contributed by atoms with van der Waals surface area (Å²) in [5.74, 6) is -2.38. The van der Waals surface area contributed by atoms with Gasteiger partial charge < -0.3 is 10.1 Å². The van der Waals surface area contributed by atoms with Crippen LogP contribution >= 0.6 is 0 Å². The van der Waals surface area contributed by atoms with Crippen LogP contribution in [-0.4, -0.2) is 41.2 Å². The van der Waals surface area contributed by atoms with Crippen LogP contribution in [0.25, 0.3) is 0 Å². The van der Waals surface area contributed by atoms with E-state index in [-0.39, 0.29) is 23.7 Å². The van der Waals surface area contributed by atoms with Crippen LogP contribution in [0.3, 0.4) is 0 Å². The van der Waals surface area contributed by atoms with E-state index >= 15 is 0 Å². The Balaban J connectivity index is 1.50. The maximum atomic E-state index is 12.5. The third-order valence-corrected chi connectivity index (χ3v) is 5.69. The number of hydrogen-bond acceptors (Lipinski definition) is 5. The number of ether oxygens (including phenoxy) is 1. The number of imide groups is 1. The van der Waals surface area contributed by atoms with E-state index in [2.05, 4.69) is 5.32 Å². The van der Waals surface area contributed by atoms with Crippen molar-refractivity contribution in [3.05, 3.63) is 35.4 Å². The van der Waals surface area contributed by atoms with Gasteiger partial charge in [-0.15, -0.1) is 0 Å². The van der Waals surface area contributed by atoms with E-state index < -0.39 is 24.5 Å². The quantitative estimate of drug-likeness (QED) is 0.594. The molecule has 1 saturated heterocycles. The molecule has 1 aliphatic carbocycles. The first-order chi connectivity index (χ1) is 13.4. The lowest BCUT2D eigenvalue weighted by molar-refractivity contribution is -0.159. The second-order valence-electron chi connectivity index (χ2n) is 7.53. The fourth-order valence-corrected chi connectivity index (χ4v) is 3.99. The molecule has 0 bridgehead atoms. The van der Waals surface area contributed by atoms with Crippen molar-refractivity contribution >= 4 is 23.7 Å². The summed E-state index contributed by atoms with van der Waals surface area (Å²) in [6.45, 7) is 3.31. The third-order valence-electron chi connectivity index (χ3n) is 5.69. The van der Waals surface area contributed by atoms with Crippen LogP contribution in [0, 0.1) is 18.8 Å². The molecule has 1 aromatic carbocycles. The van der Waals surface area contributed by atoms with Crippen LogP contribution in [0.4, 0.5) is 0 Å². The Labute approximate surface area is 164 Å². The van der Waals surface area contributed by atoms with Crippen molar-refractivity contribution < 1.29 is 23.9 Å². The van der Waals surface area contributed by atoms with Gasteiger partial charge in [0, 0.05) is 6.54 Å². The van der Waals surface area contributed by atoms with Gasteiger partial charge in [0.25, 0.3) is 5.91 Å². The Morgan fingerprint density at radius 2 is 1.75 bits per heavy atom. The number of rotatable bonds is 6.